The van der Waals surface area contributed by atoms with Crippen molar-refractivity contribution in [2.75, 3.05) is 7.11 Å². The second kappa shape index (κ2) is 8.20. The van der Waals surface area contributed by atoms with Crippen molar-refractivity contribution >= 4 is 0 Å². The third kappa shape index (κ3) is 4.53. The van der Waals surface area contributed by atoms with Crippen LogP contribution in [0.3, 0.4) is 0 Å². The number of ether oxygens (including phenoxy) is 1. The molecule has 0 spiro atoms. The molecule has 3 rings (SSSR count). The Morgan fingerprint density at radius 2 is 1.38 bits per heavy atom. The van der Waals surface area contributed by atoms with Crippen molar-refractivity contribution in [3.8, 4) is 5.75 Å². The monoisotopic (exact) mass is 345 g/mol. The minimum atomic E-state index is -0.165. The molecular weight excluding hydrogens is 318 g/mol. The van der Waals surface area contributed by atoms with E-state index in [1.165, 1.54) is 16.7 Å². The van der Waals surface area contributed by atoms with Gasteiger partial charge in [-0.05, 0) is 49.1 Å². The molecule has 3 aromatic rings. The molecule has 0 aliphatic rings. The summed E-state index contributed by atoms with van der Waals surface area (Å²) in [7, 11) is 1.70. The second-order valence-electron chi connectivity index (χ2n) is 7.15. The van der Waals surface area contributed by atoms with E-state index < -0.39 is 0 Å². The average molecular weight is 345 g/mol. The van der Waals surface area contributed by atoms with Crippen molar-refractivity contribution < 1.29 is 4.74 Å². The van der Waals surface area contributed by atoms with Crippen LogP contribution in [0.4, 0.5) is 0 Å². The summed E-state index contributed by atoms with van der Waals surface area (Å²) in [4.78, 5) is 0. The zero-order valence-corrected chi connectivity index (χ0v) is 15.8. The maximum Gasteiger partial charge on any atom is 0.118 e. The van der Waals surface area contributed by atoms with Gasteiger partial charge < -0.3 is 10.1 Å². The van der Waals surface area contributed by atoms with Crippen LogP contribution >= 0.6 is 0 Å². The highest BCUT2D eigenvalue weighted by atomic mass is 16.5. The van der Waals surface area contributed by atoms with Crippen molar-refractivity contribution in [1.29, 1.82) is 0 Å². The second-order valence-corrected chi connectivity index (χ2v) is 7.15. The van der Waals surface area contributed by atoms with E-state index in [-0.39, 0.29) is 11.6 Å². The molecule has 0 aliphatic carbocycles. The van der Waals surface area contributed by atoms with Gasteiger partial charge in [-0.3, -0.25) is 0 Å². The summed E-state index contributed by atoms with van der Waals surface area (Å²) in [6.45, 7) is 4.46. The number of hydrogen-bond donors (Lipinski definition) is 1. The van der Waals surface area contributed by atoms with Gasteiger partial charge in [-0.15, -0.1) is 0 Å². The molecular formula is C24H27NO. The molecule has 0 aromatic heterocycles. The van der Waals surface area contributed by atoms with Gasteiger partial charge in [-0.1, -0.05) is 72.8 Å². The zero-order chi connectivity index (χ0) is 18.4. The van der Waals surface area contributed by atoms with Crippen molar-refractivity contribution in [1.82, 2.24) is 5.32 Å². The van der Waals surface area contributed by atoms with E-state index >= 15 is 0 Å². The molecule has 0 saturated carbocycles. The molecule has 1 atom stereocenters. The van der Waals surface area contributed by atoms with Crippen LogP contribution in [0.15, 0.2) is 84.9 Å². The summed E-state index contributed by atoms with van der Waals surface area (Å²) in [5.41, 5.74) is 3.71. The Kier molecular flexibility index (Phi) is 5.75. The van der Waals surface area contributed by atoms with Gasteiger partial charge in [0.05, 0.1) is 7.11 Å². The third-order valence-corrected chi connectivity index (χ3v) is 4.83. The van der Waals surface area contributed by atoms with Crippen LogP contribution in [0.2, 0.25) is 0 Å². The van der Waals surface area contributed by atoms with Gasteiger partial charge in [0, 0.05) is 11.6 Å². The maximum atomic E-state index is 5.29. The van der Waals surface area contributed by atoms with Gasteiger partial charge in [-0.25, -0.2) is 0 Å². The molecule has 1 N–H and O–H groups in total. The van der Waals surface area contributed by atoms with Crippen LogP contribution < -0.4 is 10.1 Å². The highest BCUT2D eigenvalue weighted by Crippen LogP contribution is 2.28. The van der Waals surface area contributed by atoms with Crippen LogP contribution in [0.5, 0.6) is 5.75 Å². The molecule has 0 bridgehead atoms. The molecule has 1 unspecified atom stereocenters. The van der Waals surface area contributed by atoms with Crippen molar-refractivity contribution in [2.24, 2.45) is 0 Å². The fraction of sp³-hybridized carbons (Fsp3) is 0.250. The minimum Gasteiger partial charge on any atom is -0.497 e. The van der Waals surface area contributed by atoms with Gasteiger partial charge >= 0.3 is 0 Å². The van der Waals surface area contributed by atoms with E-state index in [4.69, 9.17) is 4.74 Å². The first-order valence-corrected chi connectivity index (χ1v) is 9.09. The predicted molar refractivity (Wildman–Crippen MR) is 108 cm³/mol. The number of nitrogens with one attached hydrogen (secondary N) is 1. The van der Waals surface area contributed by atoms with Gasteiger partial charge in [0.15, 0.2) is 0 Å². The topological polar surface area (TPSA) is 21.3 Å². The molecule has 134 valence electrons. The van der Waals surface area contributed by atoms with E-state index in [1.807, 2.05) is 12.1 Å². The molecule has 0 saturated heterocycles. The van der Waals surface area contributed by atoms with Crippen LogP contribution in [0.1, 0.15) is 36.6 Å². The predicted octanol–water partition coefficient (Wildman–Crippen LogP) is 5.50. The molecule has 0 amide bonds. The molecule has 2 heteroatoms. The van der Waals surface area contributed by atoms with E-state index in [1.54, 1.807) is 7.11 Å². The third-order valence-electron chi connectivity index (χ3n) is 4.83. The molecule has 0 fully saturated rings. The first-order valence-electron chi connectivity index (χ1n) is 9.09. The minimum absolute atomic E-state index is 0.165. The molecule has 2 nitrogen and oxygen atoms in total. The van der Waals surface area contributed by atoms with Crippen molar-refractivity contribution in [3.63, 3.8) is 0 Å². The average Bonchev–Trinajstić information content (AvgIpc) is 2.69. The van der Waals surface area contributed by atoms with Gasteiger partial charge in [0.1, 0.15) is 5.75 Å². The van der Waals surface area contributed by atoms with Crippen LogP contribution in [0.25, 0.3) is 0 Å². The lowest BCUT2D eigenvalue weighted by Gasteiger charge is -2.33. The Labute approximate surface area is 156 Å². The standard InChI is InChI=1S/C24H27NO/c1-24(2,21-14-16-22(26-3)17-15-21)25-23(20-12-8-5-9-13-20)18-19-10-6-4-7-11-19/h4-17,23,25H,18H2,1-3H3. The SMILES string of the molecule is COc1ccc(C(C)(C)NC(Cc2ccccc2)c2ccccc2)cc1. The lowest BCUT2D eigenvalue weighted by Crippen LogP contribution is -2.40. The van der Waals surface area contributed by atoms with E-state index in [9.17, 15) is 0 Å². The largest absolute Gasteiger partial charge is 0.497 e. The van der Waals surface area contributed by atoms with Crippen molar-refractivity contribution in [3.05, 3.63) is 102 Å². The normalized spacial score (nSPS) is 12.6. The molecule has 0 heterocycles. The maximum absolute atomic E-state index is 5.29. The lowest BCUT2D eigenvalue weighted by molar-refractivity contribution is 0.341. The van der Waals surface area contributed by atoms with E-state index in [2.05, 4.69) is 92.0 Å². The van der Waals surface area contributed by atoms with Gasteiger partial charge in [0.2, 0.25) is 0 Å². The fourth-order valence-electron chi connectivity index (χ4n) is 3.31. The Bertz CT molecular complexity index is 795. The molecule has 26 heavy (non-hydrogen) atoms. The summed E-state index contributed by atoms with van der Waals surface area (Å²) in [6, 6.07) is 29.9. The van der Waals surface area contributed by atoms with Gasteiger partial charge in [0.25, 0.3) is 0 Å². The smallest absolute Gasteiger partial charge is 0.118 e. The Hall–Kier alpha value is -2.58. The number of hydrogen-bond acceptors (Lipinski definition) is 2. The summed E-state index contributed by atoms with van der Waals surface area (Å²) in [5.74, 6) is 0.883. The van der Waals surface area contributed by atoms with Gasteiger partial charge in [-0.2, -0.15) is 0 Å². The van der Waals surface area contributed by atoms with Crippen molar-refractivity contribution in [2.45, 2.75) is 31.8 Å². The Balaban J connectivity index is 1.86. The summed E-state index contributed by atoms with van der Waals surface area (Å²) in [5, 5.41) is 3.87. The number of benzene rings is 3. The van der Waals surface area contributed by atoms with E-state index in [0.29, 0.717) is 0 Å². The van der Waals surface area contributed by atoms with Crippen LogP contribution in [-0.4, -0.2) is 7.11 Å². The zero-order valence-electron chi connectivity index (χ0n) is 15.8. The highest BCUT2D eigenvalue weighted by Gasteiger charge is 2.25. The molecule has 0 aliphatic heterocycles. The van der Waals surface area contributed by atoms with Crippen LogP contribution in [-0.2, 0) is 12.0 Å². The molecule has 3 aromatic carbocycles. The summed E-state index contributed by atoms with van der Waals surface area (Å²) < 4.78 is 5.29. The summed E-state index contributed by atoms with van der Waals surface area (Å²) in [6.07, 6.45) is 0.949. The first kappa shape index (κ1) is 18.2. The lowest BCUT2D eigenvalue weighted by atomic mass is 9.90. The first-order chi connectivity index (χ1) is 12.6. The fourth-order valence-corrected chi connectivity index (χ4v) is 3.31. The van der Waals surface area contributed by atoms with E-state index in [0.717, 1.165) is 12.2 Å². The Morgan fingerprint density at radius 1 is 0.808 bits per heavy atom. The summed E-state index contributed by atoms with van der Waals surface area (Å²) >= 11 is 0. The van der Waals surface area contributed by atoms with Crippen LogP contribution in [0, 0.1) is 0 Å². The quantitative estimate of drug-likeness (QED) is 0.610. The Morgan fingerprint density at radius 3 is 1.96 bits per heavy atom. The number of methoxy groups -OCH3 is 1. The number of rotatable bonds is 7. The molecule has 0 radical (unpaired) electrons. The highest BCUT2D eigenvalue weighted by molar-refractivity contribution is 5.32.